The van der Waals surface area contributed by atoms with Crippen LogP contribution in [0.25, 0.3) is 0 Å². The van der Waals surface area contributed by atoms with Gasteiger partial charge in [0.05, 0.1) is 92.8 Å². The van der Waals surface area contributed by atoms with Crippen molar-refractivity contribution < 1.29 is 142 Å². The first-order valence-electron chi connectivity index (χ1n) is 43.2. The van der Waals surface area contributed by atoms with Crippen molar-refractivity contribution in [3.05, 3.63) is 313 Å². The van der Waals surface area contributed by atoms with E-state index < -0.39 is 83.1 Å². The average Bonchev–Trinajstić information content (AvgIpc) is 0.836. The summed E-state index contributed by atoms with van der Waals surface area (Å²) in [4.78, 5) is 132. The van der Waals surface area contributed by atoms with E-state index in [9.17, 15) is 65.9 Å². The molecule has 0 radical (unpaired) electrons. The summed E-state index contributed by atoms with van der Waals surface area (Å²) in [7, 11) is 0. The molecule has 0 bridgehead atoms. The topological polar surface area (TPSA) is 335 Å². The van der Waals surface area contributed by atoms with Gasteiger partial charge in [0, 0.05) is 18.2 Å². The second-order valence-electron chi connectivity index (χ2n) is 29.5. The maximum Gasteiger partial charge on any atom is 0.372 e. The van der Waals surface area contributed by atoms with Crippen molar-refractivity contribution in [2.75, 3.05) is 59.5 Å². The zero-order chi connectivity index (χ0) is 96.9. The van der Waals surface area contributed by atoms with Gasteiger partial charge in [-0.15, -0.1) is 0 Å². The Morgan fingerprint density at radius 3 is 0.779 bits per heavy atom. The number of rotatable bonds is 52. The molecule has 0 saturated carbocycles. The van der Waals surface area contributed by atoms with Gasteiger partial charge < -0.3 is 75.8 Å². The number of hydrogen-bond acceptors (Lipinski definition) is 27. The molecule has 722 valence electrons. The highest BCUT2D eigenvalue weighted by atomic mass is 19.1. The van der Waals surface area contributed by atoms with E-state index in [1.54, 1.807) is 178 Å². The Morgan fingerprint density at radius 1 is 0.257 bits per heavy atom. The van der Waals surface area contributed by atoms with Crippen molar-refractivity contribution in [1.82, 2.24) is 0 Å². The molecule has 0 aromatic heterocycles. The molecule has 0 unspecified atom stereocenters. The molecule has 0 saturated heterocycles. The SMILES string of the molecule is C.C.C=C(F)C(=O)OCCCCCCOc1ccc(C(=O)Oc2ccc(OC(=O)c3ccc(OCCCCCCOC(=O)C(=C)F)cc3)c(C)c2)cc1.C=C(F)C(=O)Oc1cc(OC(=O)c2ccc(C)cc2)ccc1OC(=O)c1ccc(OCCCCCC)cc1.C=CC(=O)OCCCCOc1ccc(C(=O)Oc2ccc(OC(=O)c3ccc(OCCCCOC(=O)C=C)cc3)c(C)c2)cc1. The lowest BCUT2D eigenvalue weighted by Crippen LogP contribution is -2.13. The van der Waals surface area contributed by atoms with Crippen molar-refractivity contribution in [2.24, 2.45) is 0 Å². The zero-order valence-electron chi connectivity index (χ0n) is 75.1. The Bertz CT molecular complexity index is 5440. The monoisotopic (exact) mass is 1880 g/mol. The van der Waals surface area contributed by atoms with Crippen molar-refractivity contribution in [1.29, 1.82) is 0 Å². The lowest BCUT2D eigenvalue weighted by atomic mass is 10.1. The standard InChI is InChI=1S/C39H42F2O10.C35H36O10.C30H29FO7.2CH4/c1-27-26-34(50-38(44)30-12-16-32(17-13-30)46-22-8-4-6-10-24-48-36(42)28(2)40)20-21-35(27)51-39(45)31-14-18-33(19-15-31)47-23-9-5-7-11-25-49-37(43)29(3)41;1-4-32(36)42-22-8-6-20-40-28-14-10-26(11-15-28)34(38)44-30-18-19-31(25(3)24-30)45-35(39)27-12-16-29(17-13-27)41-21-7-9-23-43-33(37)5-2;1-4-5-6-7-18-35-24-14-12-23(13-15-24)30(34)37-26-17-16-25(19-27(26)38-28(32)21(3)31)36-29(33)22-10-8-20(2)9-11-22;;/h12-21,26H,2-11,22-25H2,1H3;4-5,10-19,24H,1-2,6-9,20-23H2,3H3;8-17,19H,3-7,18H2,1-2H3;2*1H4. The minimum atomic E-state index is -1.38. The molecule has 136 heavy (non-hydrogen) atoms. The molecular formula is C106H115F3O27. The second-order valence-corrected chi connectivity index (χ2v) is 29.5. The van der Waals surface area contributed by atoms with E-state index in [1.165, 1.54) is 30.3 Å². The fourth-order valence-corrected chi connectivity index (χ4v) is 11.5. The van der Waals surface area contributed by atoms with E-state index in [2.05, 4.69) is 39.8 Å². The summed E-state index contributed by atoms with van der Waals surface area (Å²) in [6.45, 7) is 26.1. The van der Waals surface area contributed by atoms with Crippen LogP contribution < -0.4 is 56.8 Å². The molecule has 0 atom stereocenters. The van der Waals surface area contributed by atoms with Gasteiger partial charge in [-0.3, -0.25) is 0 Å². The molecule has 9 rings (SSSR count). The summed E-state index contributed by atoms with van der Waals surface area (Å²) in [5, 5.41) is 0. The molecule has 27 nitrogen and oxygen atoms in total. The zero-order valence-corrected chi connectivity index (χ0v) is 75.1. The highest BCUT2D eigenvalue weighted by molar-refractivity contribution is 5.96. The minimum Gasteiger partial charge on any atom is -0.494 e. The number of esters is 11. The predicted octanol–water partition coefficient (Wildman–Crippen LogP) is 22.6. The summed E-state index contributed by atoms with van der Waals surface area (Å²) in [5.74, 6) is -7.80. The van der Waals surface area contributed by atoms with Crippen molar-refractivity contribution >= 4 is 65.7 Å². The first-order chi connectivity index (χ1) is 64.6. The highest BCUT2D eigenvalue weighted by Gasteiger charge is 2.23. The fourth-order valence-electron chi connectivity index (χ4n) is 11.5. The number of carbonyl (C=O) groups excluding carboxylic acids is 11. The third kappa shape index (κ3) is 41.6. The van der Waals surface area contributed by atoms with Crippen LogP contribution in [0.1, 0.15) is 203 Å². The molecule has 9 aromatic rings. The summed E-state index contributed by atoms with van der Waals surface area (Å²) in [6, 6.07) is 52.5. The van der Waals surface area contributed by atoms with Gasteiger partial charge in [0.15, 0.2) is 11.5 Å². The number of unbranched alkanes of at least 4 members (excludes halogenated alkanes) is 11. The quantitative estimate of drug-likeness (QED) is 0.0112. The number of aryl methyl sites for hydroxylation is 3. The van der Waals surface area contributed by atoms with Crippen molar-refractivity contribution in [3.8, 4) is 69.0 Å². The van der Waals surface area contributed by atoms with Gasteiger partial charge in [-0.05, 0) is 297 Å². The van der Waals surface area contributed by atoms with Crippen LogP contribution in [0, 0.1) is 20.8 Å². The first-order valence-corrected chi connectivity index (χ1v) is 43.2. The number of benzene rings is 9. The summed E-state index contributed by atoms with van der Waals surface area (Å²) >= 11 is 0. The van der Waals surface area contributed by atoms with Crippen LogP contribution in [0.4, 0.5) is 13.2 Å². The molecule has 0 aliphatic rings. The number of hydrogen-bond donors (Lipinski definition) is 0. The number of carbonyl (C=O) groups is 11. The fraction of sp³-hybridized carbons (Fsp3) is 0.292. The van der Waals surface area contributed by atoms with Crippen LogP contribution in [-0.2, 0) is 42.9 Å². The molecule has 30 heteroatoms. The van der Waals surface area contributed by atoms with E-state index in [-0.39, 0.29) is 56.6 Å². The summed E-state index contributed by atoms with van der Waals surface area (Å²) < 4.78 is 124. The van der Waals surface area contributed by atoms with Crippen LogP contribution in [-0.4, -0.2) is 125 Å². The molecule has 0 aliphatic carbocycles. The molecule has 0 heterocycles. The van der Waals surface area contributed by atoms with Crippen LogP contribution in [0.15, 0.2) is 263 Å². The Labute approximate surface area is 790 Å². The van der Waals surface area contributed by atoms with Gasteiger partial charge in [0.25, 0.3) is 0 Å². The smallest absolute Gasteiger partial charge is 0.372 e. The predicted molar refractivity (Wildman–Crippen MR) is 503 cm³/mol. The molecule has 9 aromatic carbocycles. The lowest BCUT2D eigenvalue weighted by Gasteiger charge is -2.12. The maximum atomic E-state index is 13.3. The van der Waals surface area contributed by atoms with Crippen LogP contribution in [0.3, 0.4) is 0 Å². The number of ether oxygens (including phenoxy) is 16. The van der Waals surface area contributed by atoms with Crippen LogP contribution in [0.5, 0.6) is 69.0 Å². The Morgan fingerprint density at radius 2 is 0.493 bits per heavy atom. The molecule has 0 spiro atoms. The van der Waals surface area contributed by atoms with Gasteiger partial charge in [-0.2, -0.15) is 13.2 Å². The maximum absolute atomic E-state index is 13.3. The van der Waals surface area contributed by atoms with E-state index >= 15 is 0 Å². The van der Waals surface area contributed by atoms with Crippen LogP contribution >= 0.6 is 0 Å². The molecular weight excluding hydrogens is 1760 g/mol. The van der Waals surface area contributed by atoms with E-state index in [0.717, 1.165) is 88.0 Å². The summed E-state index contributed by atoms with van der Waals surface area (Å²) in [5.41, 5.74) is 4.03. The molecule has 0 aliphatic heterocycles. The van der Waals surface area contributed by atoms with Gasteiger partial charge in [0.1, 0.15) is 57.5 Å². The average molecular weight is 1880 g/mol. The lowest BCUT2D eigenvalue weighted by molar-refractivity contribution is -0.141. The third-order valence-electron chi connectivity index (χ3n) is 18.8. The van der Waals surface area contributed by atoms with Gasteiger partial charge in [-0.1, -0.05) is 91.6 Å². The van der Waals surface area contributed by atoms with Gasteiger partial charge >= 0.3 is 65.7 Å². The van der Waals surface area contributed by atoms with Crippen LogP contribution in [0.2, 0.25) is 0 Å². The Kier molecular flexibility index (Phi) is 50.2. The van der Waals surface area contributed by atoms with Crippen molar-refractivity contribution in [3.63, 3.8) is 0 Å². The molecule has 0 fully saturated rings. The second kappa shape index (κ2) is 61.4. The minimum absolute atomic E-state index is 0. The molecule has 0 amide bonds. The van der Waals surface area contributed by atoms with E-state index in [0.29, 0.717) is 170 Å². The molecule has 0 N–H and O–H groups in total. The third-order valence-corrected chi connectivity index (χ3v) is 18.8. The largest absolute Gasteiger partial charge is 0.494 e. The van der Waals surface area contributed by atoms with E-state index in [1.807, 2.05) is 6.92 Å². The van der Waals surface area contributed by atoms with Gasteiger partial charge in [-0.25, -0.2) is 52.7 Å². The number of halogens is 3. The Balaban J connectivity index is 0.000000361. The Hall–Kier alpha value is -15.4. The summed E-state index contributed by atoms with van der Waals surface area (Å²) in [6.07, 6.45) is 15.3. The normalized spacial score (nSPS) is 10.2. The highest BCUT2D eigenvalue weighted by Crippen LogP contribution is 2.35. The van der Waals surface area contributed by atoms with Gasteiger partial charge in [0.2, 0.25) is 17.5 Å². The first kappa shape index (κ1) is 111. The van der Waals surface area contributed by atoms with E-state index in [4.69, 9.17) is 75.8 Å². The van der Waals surface area contributed by atoms with Crippen molar-refractivity contribution in [2.45, 2.75) is 145 Å².